The smallest absolute Gasteiger partial charge is 0.157 e. The second kappa shape index (κ2) is 24.8. The number of alkyl halides is 1. The highest BCUT2D eigenvalue weighted by Crippen LogP contribution is 2.70. The average Bonchev–Trinajstić information content (AvgIpc) is 4.13. The van der Waals surface area contributed by atoms with Gasteiger partial charge in [-0.3, -0.25) is 19.4 Å². The lowest BCUT2D eigenvalue weighted by Crippen LogP contribution is -2.58. The first-order valence-electron chi connectivity index (χ1n) is 28.0. The molecule has 13 heteroatoms. The van der Waals surface area contributed by atoms with Gasteiger partial charge in [0.05, 0.1) is 73.3 Å². The van der Waals surface area contributed by atoms with E-state index in [-0.39, 0.29) is 68.0 Å². The lowest BCUT2D eigenvalue weighted by atomic mass is 9.43. The van der Waals surface area contributed by atoms with Crippen LogP contribution in [0.5, 0.6) is 11.5 Å². The molecule has 0 radical (unpaired) electrons. The van der Waals surface area contributed by atoms with Crippen LogP contribution in [0.3, 0.4) is 0 Å². The van der Waals surface area contributed by atoms with Crippen LogP contribution >= 0.6 is 15.9 Å². The zero-order chi connectivity index (χ0) is 51.1. The second-order valence-electron chi connectivity index (χ2n) is 26.1. The third kappa shape index (κ3) is 12.3. The SMILES string of the molecule is C.C.C.CC(C)Oc1cn[nH]c1.COC[C@]12CC[C@@](C)(O)C[C@@H]1CC[C@H]1[C@@H]3CC[C@H](C(=O)CBr)[C@@]3(C)CC[C@@H]12.COC[C@]12CC[C@@](C)(O)C[C@@H]1CC[C@H]1[C@@H]3CC[C@H](C(=O)Cn4cc(OC(C)C)cn4)[C@@]3(C)CC[C@@H]12. The highest BCUT2D eigenvalue weighted by Gasteiger charge is 2.65. The van der Waals surface area contributed by atoms with Crippen LogP contribution in [0.1, 0.15) is 193 Å². The van der Waals surface area contributed by atoms with E-state index in [2.05, 4.69) is 45.1 Å². The summed E-state index contributed by atoms with van der Waals surface area (Å²) in [7, 11) is 3.71. The third-order valence-electron chi connectivity index (χ3n) is 21.2. The van der Waals surface area contributed by atoms with Crippen LogP contribution in [0.15, 0.2) is 24.8 Å². The zero-order valence-electron chi connectivity index (χ0n) is 45.4. The molecule has 424 valence electrons. The van der Waals surface area contributed by atoms with Gasteiger partial charge in [-0.05, 0) is 226 Å². The fourth-order valence-corrected chi connectivity index (χ4v) is 18.7. The van der Waals surface area contributed by atoms with E-state index in [4.69, 9.17) is 18.9 Å². The van der Waals surface area contributed by atoms with Crippen LogP contribution in [0.25, 0.3) is 0 Å². The van der Waals surface area contributed by atoms with Gasteiger partial charge in [0.2, 0.25) is 0 Å². The van der Waals surface area contributed by atoms with E-state index in [1.807, 2.05) is 62.0 Å². The maximum Gasteiger partial charge on any atom is 0.157 e. The van der Waals surface area contributed by atoms with Crippen molar-refractivity contribution in [2.45, 2.75) is 223 Å². The Balaban J connectivity index is 0.000000231. The van der Waals surface area contributed by atoms with Crippen LogP contribution < -0.4 is 9.47 Å². The first kappa shape index (κ1) is 62.5. The molecule has 8 fully saturated rings. The number of halogens is 1. The topological polar surface area (TPSA) is 158 Å². The summed E-state index contributed by atoms with van der Waals surface area (Å²) in [6, 6.07) is 0. The standard InChI is InChI=1S/C29H46N2O4.C23H37BrO3.C6H10N2O.3CH4/c1-19(2)35-21-15-30-31(16-21)17-26(32)25-9-8-23-22-7-6-20-14-27(3,33)12-13-29(20,18-34-5)24(22)10-11-28(23,25)4;1-21(26)10-11-23(14-27-3)15(12-21)4-5-16-17-6-7-19(20(25)13-24)22(17,2)9-8-18(16)23;1-5(2)9-6-3-7-8-4-6;;;/h15-16,19-20,22-25,33H,6-14,17-18H2,1-5H3;15-19,26H,4-14H2,1-3H3;3-5H,1-2H3,(H,7,8);3*1H4/t20-,22-,23-,24-,25+,27+,28-,29+;15-,16-,17-,18-,19+,21+,22-,23+;;;;/m00..../s1. The minimum absolute atomic E-state index is 0. The molecule has 0 spiro atoms. The van der Waals surface area contributed by atoms with Gasteiger partial charge in [-0.25, -0.2) is 0 Å². The van der Waals surface area contributed by atoms with E-state index in [1.165, 1.54) is 57.8 Å². The normalized spacial score (nSPS) is 40.5. The van der Waals surface area contributed by atoms with Gasteiger partial charge in [0.1, 0.15) is 5.78 Å². The summed E-state index contributed by atoms with van der Waals surface area (Å²) in [5.74, 6) is 7.91. The summed E-state index contributed by atoms with van der Waals surface area (Å²) in [6.07, 6.45) is 27.3. The number of hydrogen-bond donors (Lipinski definition) is 3. The second-order valence-corrected chi connectivity index (χ2v) is 26.7. The fourth-order valence-electron chi connectivity index (χ4n) is 18.3. The minimum atomic E-state index is -0.532. The number of aliphatic hydroxyl groups is 2. The number of aromatic amines is 1. The first-order valence-corrected chi connectivity index (χ1v) is 29.1. The van der Waals surface area contributed by atoms with Gasteiger partial charge in [-0.15, -0.1) is 0 Å². The molecule has 0 amide bonds. The number of Topliss-reactive ketones (excluding diaryl/α,β-unsaturated/α-hetero) is 2. The van der Waals surface area contributed by atoms with Crippen molar-refractivity contribution >= 4 is 27.5 Å². The summed E-state index contributed by atoms with van der Waals surface area (Å²) in [6.45, 7) is 18.9. The van der Waals surface area contributed by atoms with Crippen molar-refractivity contribution in [1.29, 1.82) is 0 Å². The number of nitrogens with one attached hydrogen (secondary N) is 1. The Labute approximate surface area is 457 Å². The predicted molar refractivity (Wildman–Crippen MR) is 300 cm³/mol. The van der Waals surface area contributed by atoms with Crippen LogP contribution in [0, 0.1) is 80.8 Å². The van der Waals surface area contributed by atoms with Gasteiger partial charge < -0.3 is 29.2 Å². The Hall–Kier alpha value is -2.32. The number of H-pyrrole nitrogens is 1. The van der Waals surface area contributed by atoms with E-state index >= 15 is 0 Å². The van der Waals surface area contributed by atoms with Crippen LogP contribution in [-0.2, 0) is 25.6 Å². The number of hydrogen-bond acceptors (Lipinski definition) is 10. The summed E-state index contributed by atoms with van der Waals surface area (Å²) in [4.78, 5) is 26.2. The number of fused-ring (bicyclic) bond motifs is 10. The Bertz CT molecular complexity index is 2090. The number of ketones is 2. The van der Waals surface area contributed by atoms with E-state index in [9.17, 15) is 19.8 Å². The lowest BCUT2D eigenvalue weighted by Gasteiger charge is -2.62. The van der Waals surface area contributed by atoms with Gasteiger partial charge in [0.15, 0.2) is 17.3 Å². The molecule has 0 aliphatic heterocycles. The van der Waals surface area contributed by atoms with E-state index in [0.717, 1.165) is 88.4 Å². The third-order valence-corrected chi connectivity index (χ3v) is 21.7. The van der Waals surface area contributed by atoms with Crippen LogP contribution in [-0.4, -0.2) is 97.9 Å². The molecule has 10 rings (SSSR count). The van der Waals surface area contributed by atoms with Crippen LogP contribution in [0.4, 0.5) is 0 Å². The molecule has 12 nitrogen and oxygen atoms in total. The Morgan fingerprint density at radius 1 is 0.649 bits per heavy atom. The maximum atomic E-state index is 13.6. The predicted octanol–water partition coefficient (Wildman–Crippen LogP) is 13.4. The summed E-state index contributed by atoms with van der Waals surface area (Å²) < 4.78 is 24.5. The number of nitrogens with zero attached hydrogens (tertiary/aromatic N) is 3. The quantitative estimate of drug-likeness (QED) is 0.165. The van der Waals surface area contributed by atoms with E-state index < -0.39 is 11.2 Å². The van der Waals surface area contributed by atoms with Gasteiger partial charge in [0, 0.05) is 26.1 Å². The molecule has 0 saturated heterocycles. The molecule has 2 heterocycles. The van der Waals surface area contributed by atoms with Crippen LogP contribution in [0.2, 0.25) is 0 Å². The Morgan fingerprint density at radius 2 is 1.12 bits per heavy atom. The highest BCUT2D eigenvalue weighted by atomic mass is 79.9. The monoisotopic (exact) mass is 1100 g/mol. The first-order chi connectivity index (χ1) is 33.6. The van der Waals surface area contributed by atoms with Gasteiger partial charge in [-0.1, -0.05) is 52.1 Å². The summed E-state index contributed by atoms with van der Waals surface area (Å²) >= 11 is 3.43. The number of carbonyl (C=O) groups is 2. The van der Waals surface area contributed by atoms with Crippen molar-refractivity contribution < 1.29 is 38.7 Å². The highest BCUT2D eigenvalue weighted by molar-refractivity contribution is 9.09. The number of ether oxygens (including phenoxy) is 4. The number of carbonyl (C=O) groups excluding carboxylic acids is 2. The molecule has 3 N–H and O–H groups in total. The molecule has 0 unspecified atom stereocenters. The number of methoxy groups -OCH3 is 2. The molecular weight excluding hydrogens is 997 g/mol. The zero-order valence-corrected chi connectivity index (χ0v) is 46.9. The molecule has 8 aliphatic carbocycles. The molecule has 2 aromatic rings. The van der Waals surface area contributed by atoms with Crippen molar-refractivity contribution in [2.75, 3.05) is 32.8 Å². The lowest BCUT2D eigenvalue weighted by molar-refractivity contribution is -0.175. The van der Waals surface area contributed by atoms with Crippen molar-refractivity contribution in [3.63, 3.8) is 0 Å². The van der Waals surface area contributed by atoms with E-state index in [1.54, 1.807) is 23.3 Å². The van der Waals surface area contributed by atoms with Crippen molar-refractivity contribution in [1.82, 2.24) is 20.0 Å². The average molecular weight is 1100 g/mol. The minimum Gasteiger partial charge on any atom is -0.488 e. The van der Waals surface area contributed by atoms with Gasteiger partial charge >= 0.3 is 0 Å². The Morgan fingerprint density at radius 3 is 1.55 bits per heavy atom. The van der Waals surface area contributed by atoms with Gasteiger partial charge in [-0.2, -0.15) is 10.2 Å². The molecule has 0 aromatic carbocycles. The largest absolute Gasteiger partial charge is 0.488 e. The molecule has 0 bridgehead atoms. The van der Waals surface area contributed by atoms with Crippen molar-refractivity contribution in [3.8, 4) is 11.5 Å². The molecule has 8 saturated carbocycles. The van der Waals surface area contributed by atoms with E-state index in [0.29, 0.717) is 64.9 Å². The maximum absolute atomic E-state index is 13.6. The molecule has 2 aromatic heterocycles. The van der Waals surface area contributed by atoms with Crippen molar-refractivity contribution in [2.24, 2.45) is 80.8 Å². The molecular formula is C61H105BrN4O8. The summed E-state index contributed by atoms with van der Waals surface area (Å²) in [5, 5.41) is 32.9. The Kier molecular flexibility index (Phi) is 20.9. The molecule has 16 atom stereocenters. The van der Waals surface area contributed by atoms with Gasteiger partial charge in [0.25, 0.3) is 0 Å². The summed E-state index contributed by atoms with van der Waals surface area (Å²) in [5.41, 5.74) is -0.296. The molecule has 74 heavy (non-hydrogen) atoms. The number of rotatable bonds is 13. The fraction of sp³-hybridized carbons (Fsp3) is 0.869. The van der Waals surface area contributed by atoms with Crippen molar-refractivity contribution in [3.05, 3.63) is 24.8 Å². The number of aromatic nitrogens is 4. The molecule has 8 aliphatic rings.